The third-order valence-electron chi connectivity index (χ3n) is 5.41. The van der Waals surface area contributed by atoms with Crippen molar-refractivity contribution in [1.29, 1.82) is 0 Å². The van der Waals surface area contributed by atoms with Gasteiger partial charge in [-0.05, 0) is 57.2 Å². The largest absolute Gasteiger partial charge is 0.493 e. The van der Waals surface area contributed by atoms with Gasteiger partial charge >= 0.3 is 5.97 Å². The fourth-order valence-electron chi connectivity index (χ4n) is 3.80. The average Bonchev–Trinajstić information content (AvgIpc) is 3.35. The monoisotopic (exact) mass is 430 g/mol. The van der Waals surface area contributed by atoms with Crippen LogP contribution in [0.5, 0.6) is 11.5 Å². The molecule has 1 aliphatic carbocycles. The number of anilines is 1. The third kappa shape index (κ3) is 5.38. The molecule has 31 heavy (non-hydrogen) atoms. The number of aromatic nitrogens is 1. The van der Waals surface area contributed by atoms with E-state index in [9.17, 15) is 9.59 Å². The molecule has 2 N–H and O–H groups in total. The first-order valence-corrected chi connectivity index (χ1v) is 10.5. The lowest BCUT2D eigenvalue weighted by Crippen LogP contribution is -2.15. The van der Waals surface area contributed by atoms with Crippen LogP contribution in [0.15, 0.2) is 18.2 Å². The van der Waals surface area contributed by atoms with Gasteiger partial charge < -0.3 is 29.2 Å². The molecule has 1 saturated carbocycles. The van der Waals surface area contributed by atoms with E-state index in [0.29, 0.717) is 46.3 Å². The van der Waals surface area contributed by atoms with Gasteiger partial charge in [0.25, 0.3) is 5.91 Å². The second kappa shape index (κ2) is 10.3. The summed E-state index contributed by atoms with van der Waals surface area (Å²) in [6.45, 7) is 3.91. The first-order valence-electron chi connectivity index (χ1n) is 10.5. The summed E-state index contributed by atoms with van der Waals surface area (Å²) in [5, 5.41) is 2.87. The van der Waals surface area contributed by atoms with Crippen LogP contribution in [0.4, 0.5) is 5.69 Å². The highest BCUT2D eigenvalue weighted by Crippen LogP contribution is 2.34. The lowest BCUT2D eigenvalue weighted by molar-refractivity contribution is 0.0386. The molecule has 1 aliphatic rings. The van der Waals surface area contributed by atoms with Crippen molar-refractivity contribution < 1.29 is 28.5 Å². The number of carbonyl (C=O) groups excluding carboxylic acids is 2. The zero-order valence-electron chi connectivity index (χ0n) is 18.5. The highest BCUT2D eigenvalue weighted by molar-refractivity contribution is 6.07. The van der Waals surface area contributed by atoms with Crippen LogP contribution in [-0.2, 0) is 9.47 Å². The molecule has 0 radical (unpaired) electrons. The number of hydrogen-bond acceptors (Lipinski definition) is 6. The molecule has 8 heteroatoms. The van der Waals surface area contributed by atoms with Crippen molar-refractivity contribution in [3.63, 3.8) is 0 Å². The van der Waals surface area contributed by atoms with Crippen molar-refractivity contribution in [1.82, 2.24) is 4.98 Å². The third-order valence-corrected chi connectivity index (χ3v) is 5.41. The van der Waals surface area contributed by atoms with E-state index in [4.69, 9.17) is 18.9 Å². The van der Waals surface area contributed by atoms with Crippen LogP contribution >= 0.6 is 0 Å². The van der Waals surface area contributed by atoms with Crippen LogP contribution in [0.2, 0.25) is 0 Å². The molecule has 1 amide bonds. The number of aromatic amines is 1. The predicted octanol–water partition coefficient (Wildman–Crippen LogP) is 4.02. The number of amides is 1. The van der Waals surface area contributed by atoms with Crippen molar-refractivity contribution >= 4 is 17.6 Å². The highest BCUT2D eigenvalue weighted by atomic mass is 16.6. The summed E-state index contributed by atoms with van der Waals surface area (Å²) in [5.74, 6) is 0.388. The van der Waals surface area contributed by atoms with Gasteiger partial charge in [0.1, 0.15) is 12.3 Å². The average molecular weight is 431 g/mol. The Balaban J connectivity index is 1.75. The van der Waals surface area contributed by atoms with Crippen LogP contribution < -0.4 is 14.8 Å². The summed E-state index contributed by atoms with van der Waals surface area (Å²) >= 11 is 0. The fourth-order valence-corrected chi connectivity index (χ4v) is 3.80. The Bertz CT molecular complexity index is 930. The zero-order valence-corrected chi connectivity index (χ0v) is 18.5. The zero-order chi connectivity index (χ0) is 22.4. The molecule has 0 bridgehead atoms. The Morgan fingerprint density at radius 2 is 1.84 bits per heavy atom. The summed E-state index contributed by atoms with van der Waals surface area (Å²) in [6.07, 6.45) is 4.52. The highest BCUT2D eigenvalue weighted by Gasteiger charge is 2.24. The minimum Gasteiger partial charge on any atom is -0.493 e. The number of esters is 1. The summed E-state index contributed by atoms with van der Waals surface area (Å²) in [7, 11) is 3.12. The Morgan fingerprint density at radius 3 is 2.52 bits per heavy atom. The molecule has 0 unspecified atom stereocenters. The topological polar surface area (TPSA) is 98.9 Å². The van der Waals surface area contributed by atoms with Crippen LogP contribution in [0.3, 0.4) is 0 Å². The molecule has 0 spiro atoms. The fraction of sp³-hybridized carbons (Fsp3) is 0.478. The lowest BCUT2D eigenvalue weighted by atomic mass is 10.1. The molecular formula is C23H30N2O6. The van der Waals surface area contributed by atoms with Crippen molar-refractivity contribution in [3.05, 3.63) is 40.7 Å². The minimum atomic E-state index is -0.487. The molecule has 0 atom stereocenters. The first-order chi connectivity index (χ1) is 14.9. The van der Waals surface area contributed by atoms with Gasteiger partial charge in [0.15, 0.2) is 11.5 Å². The minimum absolute atomic E-state index is 0.149. The quantitative estimate of drug-likeness (QED) is 0.461. The SMILES string of the molecule is COCCOC(=O)c1c(C)[nH]c(C(=O)Nc2ccc(OC)c(OC3CCCC3)c2)c1C. The van der Waals surface area contributed by atoms with Gasteiger partial charge in [-0.3, -0.25) is 4.79 Å². The first kappa shape index (κ1) is 22.7. The number of benzene rings is 1. The molecule has 0 aliphatic heterocycles. The maximum absolute atomic E-state index is 12.9. The molecule has 8 nitrogen and oxygen atoms in total. The van der Waals surface area contributed by atoms with Gasteiger partial charge in [-0.2, -0.15) is 0 Å². The summed E-state index contributed by atoms with van der Waals surface area (Å²) in [4.78, 5) is 28.3. The molecular weight excluding hydrogens is 400 g/mol. The molecule has 1 aromatic heterocycles. The molecule has 1 heterocycles. The summed E-state index contributed by atoms with van der Waals surface area (Å²) in [5.41, 5.74) is 2.36. The summed E-state index contributed by atoms with van der Waals surface area (Å²) in [6, 6.07) is 5.29. The second-order valence-corrected chi connectivity index (χ2v) is 7.60. The molecule has 1 aromatic carbocycles. The van der Waals surface area contributed by atoms with Crippen LogP contribution in [0.25, 0.3) is 0 Å². The molecule has 2 aromatic rings. The normalized spacial score (nSPS) is 13.8. The van der Waals surface area contributed by atoms with Gasteiger partial charge in [-0.15, -0.1) is 0 Å². The molecule has 168 valence electrons. The molecule has 0 saturated heterocycles. The van der Waals surface area contributed by atoms with Crippen molar-refractivity contribution in [2.24, 2.45) is 0 Å². The van der Waals surface area contributed by atoms with Gasteiger partial charge in [0, 0.05) is 24.6 Å². The van der Waals surface area contributed by atoms with E-state index < -0.39 is 5.97 Å². The van der Waals surface area contributed by atoms with Gasteiger partial charge in [0.05, 0.1) is 25.4 Å². The number of ether oxygens (including phenoxy) is 4. The molecule has 3 rings (SSSR count). The van der Waals surface area contributed by atoms with Crippen LogP contribution in [-0.4, -0.2) is 50.4 Å². The number of hydrogen-bond donors (Lipinski definition) is 2. The standard InChI is InChI=1S/C23H30N2O6/c1-14-20(23(27)30-12-11-28-3)15(2)24-21(14)22(26)25-16-9-10-18(29-4)19(13-16)31-17-7-5-6-8-17/h9-10,13,17,24H,5-8,11-12H2,1-4H3,(H,25,26). The van der Waals surface area contributed by atoms with Gasteiger partial charge in [0.2, 0.25) is 0 Å². The second-order valence-electron chi connectivity index (χ2n) is 7.60. The number of nitrogens with one attached hydrogen (secondary N) is 2. The van der Waals surface area contributed by atoms with E-state index in [0.717, 1.165) is 25.7 Å². The predicted molar refractivity (Wildman–Crippen MR) is 116 cm³/mol. The maximum atomic E-state index is 12.9. The summed E-state index contributed by atoms with van der Waals surface area (Å²) < 4.78 is 21.6. The van der Waals surface area contributed by atoms with E-state index in [2.05, 4.69) is 10.3 Å². The number of methoxy groups -OCH3 is 2. The van der Waals surface area contributed by atoms with Crippen LogP contribution in [0.1, 0.15) is 57.8 Å². The molecule has 1 fully saturated rings. The lowest BCUT2D eigenvalue weighted by Gasteiger charge is -2.17. The van der Waals surface area contributed by atoms with Gasteiger partial charge in [-0.25, -0.2) is 4.79 Å². The Hall–Kier alpha value is -3.00. The van der Waals surface area contributed by atoms with E-state index in [1.165, 1.54) is 7.11 Å². The van der Waals surface area contributed by atoms with Crippen LogP contribution in [0, 0.1) is 13.8 Å². The van der Waals surface area contributed by atoms with E-state index in [-0.39, 0.29) is 18.6 Å². The van der Waals surface area contributed by atoms with Crippen molar-refractivity contribution in [2.75, 3.05) is 32.8 Å². The Kier molecular flexibility index (Phi) is 7.57. The van der Waals surface area contributed by atoms with E-state index in [1.807, 2.05) is 0 Å². The van der Waals surface area contributed by atoms with Crippen molar-refractivity contribution in [3.8, 4) is 11.5 Å². The van der Waals surface area contributed by atoms with E-state index in [1.54, 1.807) is 39.2 Å². The Labute approximate surface area is 182 Å². The number of aryl methyl sites for hydroxylation is 1. The number of rotatable bonds is 9. The smallest absolute Gasteiger partial charge is 0.340 e. The number of carbonyl (C=O) groups is 2. The number of H-pyrrole nitrogens is 1. The maximum Gasteiger partial charge on any atom is 0.340 e. The van der Waals surface area contributed by atoms with Crippen molar-refractivity contribution in [2.45, 2.75) is 45.6 Å². The Morgan fingerprint density at radius 1 is 1.10 bits per heavy atom. The van der Waals surface area contributed by atoms with E-state index >= 15 is 0 Å². The van der Waals surface area contributed by atoms with Gasteiger partial charge in [-0.1, -0.05) is 0 Å².